The maximum Gasteiger partial charge on any atom is 0.280 e. The van der Waals surface area contributed by atoms with E-state index in [1.807, 2.05) is 0 Å². The van der Waals surface area contributed by atoms with Crippen molar-refractivity contribution in [1.29, 1.82) is 0 Å². The van der Waals surface area contributed by atoms with Gasteiger partial charge in [0.15, 0.2) is 11.5 Å². The second-order valence-electron chi connectivity index (χ2n) is 5.41. The molecule has 24 heavy (non-hydrogen) atoms. The van der Waals surface area contributed by atoms with Crippen molar-refractivity contribution in [2.75, 3.05) is 5.32 Å². The van der Waals surface area contributed by atoms with Gasteiger partial charge >= 0.3 is 0 Å². The van der Waals surface area contributed by atoms with E-state index in [9.17, 15) is 14.4 Å². The molecule has 3 rings (SSSR count). The molecule has 6 heteroatoms. The van der Waals surface area contributed by atoms with Crippen LogP contribution in [-0.4, -0.2) is 21.5 Å². The molecular weight excluding hydrogens is 306 g/mol. The molecule has 0 aliphatic heterocycles. The van der Waals surface area contributed by atoms with Gasteiger partial charge in [-0.15, -0.1) is 0 Å². The lowest BCUT2D eigenvalue weighted by Gasteiger charge is -2.09. The van der Waals surface area contributed by atoms with Gasteiger partial charge < -0.3 is 5.32 Å². The summed E-state index contributed by atoms with van der Waals surface area (Å²) < 4.78 is 1.50. The number of fused-ring (bicyclic) bond motifs is 1. The third kappa shape index (κ3) is 2.81. The van der Waals surface area contributed by atoms with Crippen LogP contribution in [0.2, 0.25) is 0 Å². The van der Waals surface area contributed by atoms with Crippen LogP contribution in [0.5, 0.6) is 0 Å². The summed E-state index contributed by atoms with van der Waals surface area (Å²) in [6, 6.07) is 13.5. The van der Waals surface area contributed by atoms with Crippen LogP contribution in [0.15, 0.2) is 53.3 Å². The zero-order chi connectivity index (χ0) is 17.3. The van der Waals surface area contributed by atoms with Gasteiger partial charge in [0.25, 0.3) is 5.91 Å². The van der Waals surface area contributed by atoms with Crippen LogP contribution in [0.4, 0.5) is 5.69 Å². The zero-order valence-electron chi connectivity index (χ0n) is 13.2. The Morgan fingerprint density at radius 3 is 2.58 bits per heavy atom. The predicted molar refractivity (Wildman–Crippen MR) is 91.4 cm³/mol. The smallest absolute Gasteiger partial charge is 0.280 e. The van der Waals surface area contributed by atoms with Crippen LogP contribution in [0, 0.1) is 0 Å². The number of carbonyl (C=O) groups excluding carboxylic acids is 2. The van der Waals surface area contributed by atoms with Gasteiger partial charge in [-0.25, -0.2) is 0 Å². The van der Waals surface area contributed by atoms with Crippen molar-refractivity contribution in [1.82, 2.24) is 9.78 Å². The number of anilines is 1. The molecule has 0 saturated heterocycles. The van der Waals surface area contributed by atoms with Gasteiger partial charge in [-0.1, -0.05) is 24.3 Å². The molecule has 120 valence electrons. The SMILES string of the molecule is CC(=O)c1cccc(NC(=O)c2nn(C)c3ccccc3c2=O)c1. The van der Waals surface area contributed by atoms with E-state index in [1.54, 1.807) is 55.6 Å². The van der Waals surface area contributed by atoms with Gasteiger partial charge in [0.05, 0.1) is 5.52 Å². The van der Waals surface area contributed by atoms with Crippen LogP contribution in [0.25, 0.3) is 10.9 Å². The highest BCUT2D eigenvalue weighted by Gasteiger charge is 2.16. The Labute approximate surface area is 137 Å². The monoisotopic (exact) mass is 321 g/mol. The van der Waals surface area contributed by atoms with E-state index in [0.717, 1.165) is 0 Å². The van der Waals surface area contributed by atoms with E-state index >= 15 is 0 Å². The fraction of sp³-hybridized carbons (Fsp3) is 0.111. The first kappa shape index (κ1) is 15.6. The van der Waals surface area contributed by atoms with Crippen molar-refractivity contribution < 1.29 is 9.59 Å². The van der Waals surface area contributed by atoms with Crippen molar-refractivity contribution in [3.8, 4) is 0 Å². The highest BCUT2D eigenvalue weighted by atomic mass is 16.2. The molecule has 0 aliphatic rings. The van der Waals surface area contributed by atoms with Crippen molar-refractivity contribution >= 4 is 28.3 Å². The largest absolute Gasteiger partial charge is 0.320 e. The molecule has 0 spiro atoms. The van der Waals surface area contributed by atoms with Gasteiger partial charge in [0, 0.05) is 23.7 Å². The number of aromatic nitrogens is 2. The highest BCUT2D eigenvalue weighted by molar-refractivity contribution is 6.05. The second kappa shape index (κ2) is 6.08. The number of nitrogens with one attached hydrogen (secondary N) is 1. The number of nitrogens with zero attached hydrogens (tertiary/aromatic N) is 2. The maximum atomic E-state index is 12.5. The van der Waals surface area contributed by atoms with Gasteiger partial charge in [-0.05, 0) is 31.2 Å². The average molecular weight is 321 g/mol. The Balaban J connectivity index is 2.01. The minimum Gasteiger partial charge on any atom is -0.320 e. The molecule has 0 unspecified atom stereocenters. The minimum absolute atomic E-state index is 0.106. The molecule has 0 aliphatic carbocycles. The second-order valence-corrected chi connectivity index (χ2v) is 5.41. The third-order valence-electron chi connectivity index (χ3n) is 3.70. The molecule has 1 heterocycles. The van der Waals surface area contributed by atoms with E-state index in [2.05, 4.69) is 10.4 Å². The summed E-state index contributed by atoms with van der Waals surface area (Å²) in [5, 5.41) is 7.13. The van der Waals surface area contributed by atoms with Gasteiger partial charge in [0.1, 0.15) is 0 Å². The first-order valence-corrected chi connectivity index (χ1v) is 7.36. The molecule has 1 aromatic heterocycles. The number of amides is 1. The number of hydrogen-bond acceptors (Lipinski definition) is 4. The lowest BCUT2D eigenvalue weighted by molar-refractivity contribution is 0.100. The molecule has 1 N–H and O–H groups in total. The molecule has 0 bridgehead atoms. The Morgan fingerprint density at radius 1 is 1.08 bits per heavy atom. The number of benzene rings is 2. The number of rotatable bonds is 3. The number of hydrogen-bond donors (Lipinski definition) is 1. The number of aryl methyl sites for hydroxylation is 1. The molecule has 3 aromatic rings. The van der Waals surface area contributed by atoms with Crippen LogP contribution in [-0.2, 0) is 7.05 Å². The summed E-state index contributed by atoms with van der Waals surface area (Å²) in [4.78, 5) is 36.4. The number of carbonyl (C=O) groups is 2. The third-order valence-corrected chi connectivity index (χ3v) is 3.70. The summed E-state index contributed by atoms with van der Waals surface area (Å²) in [6.45, 7) is 1.45. The number of ketones is 1. The summed E-state index contributed by atoms with van der Waals surface area (Å²) in [5.41, 5.74) is 0.947. The lowest BCUT2D eigenvalue weighted by atomic mass is 10.1. The first-order chi connectivity index (χ1) is 11.5. The van der Waals surface area contributed by atoms with Crippen molar-refractivity contribution in [2.45, 2.75) is 6.92 Å². The molecule has 6 nitrogen and oxygen atoms in total. The first-order valence-electron chi connectivity index (χ1n) is 7.36. The van der Waals surface area contributed by atoms with E-state index in [-0.39, 0.29) is 11.5 Å². The van der Waals surface area contributed by atoms with Gasteiger partial charge in [-0.2, -0.15) is 5.10 Å². The predicted octanol–water partition coefficient (Wildman–Crippen LogP) is 2.39. The molecule has 0 fully saturated rings. The summed E-state index contributed by atoms with van der Waals surface area (Å²) in [7, 11) is 1.68. The van der Waals surface area contributed by atoms with Crippen LogP contribution in [0.3, 0.4) is 0 Å². The molecule has 1 amide bonds. The number of Topliss-reactive ketones (excluding diaryl/α,β-unsaturated/α-hetero) is 1. The average Bonchev–Trinajstić information content (AvgIpc) is 2.58. The maximum absolute atomic E-state index is 12.5. The summed E-state index contributed by atoms with van der Waals surface area (Å²) >= 11 is 0. The molecule has 0 atom stereocenters. The topological polar surface area (TPSA) is 81.1 Å². The summed E-state index contributed by atoms with van der Waals surface area (Å²) in [6.07, 6.45) is 0. The van der Waals surface area contributed by atoms with E-state index < -0.39 is 11.3 Å². The molecular formula is C18H15N3O3. The summed E-state index contributed by atoms with van der Waals surface area (Å²) in [5.74, 6) is -0.715. The van der Waals surface area contributed by atoms with Gasteiger partial charge in [-0.3, -0.25) is 19.1 Å². The van der Waals surface area contributed by atoms with E-state index in [1.165, 1.54) is 11.6 Å². The van der Waals surface area contributed by atoms with Crippen LogP contribution < -0.4 is 10.7 Å². The Kier molecular flexibility index (Phi) is 3.95. The fourth-order valence-electron chi connectivity index (χ4n) is 2.48. The van der Waals surface area contributed by atoms with E-state index in [0.29, 0.717) is 22.2 Å². The Morgan fingerprint density at radius 2 is 1.83 bits per heavy atom. The minimum atomic E-state index is -0.609. The van der Waals surface area contributed by atoms with Crippen molar-refractivity contribution in [2.24, 2.45) is 7.05 Å². The van der Waals surface area contributed by atoms with Gasteiger partial charge in [0.2, 0.25) is 5.43 Å². The fourth-order valence-corrected chi connectivity index (χ4v) is 2.48. The Bertz CT molecular complexity index is 1020. The number of para-hydroxylation sites is 1. The normalized spacial score (nSPS) is 10.6. The quantitative estimate of drug-likeness (QED) is 0.751. The molecule has 0 radical (unpaired) electrons. The van der Waals surface area contributed by atoms with Crippen molar-refractivity contribution in [3.05, 3.63) is 70.0 Å². The van der Waals surface area contributed by atoms with Crippen LogP contribution in [0.1, 0.15) is 27.8 Å². The lowest BCUT2D eigenvalue weighted by Crippen LogP contribution is -2.26. The zero-order valence-corrected chi connectivity index (χ0v) is 13.2. The van der Waals surface area contributed by atoms with Crippen LogP contribution >= 0.6 is 0 Å². The molecule has 2 aromatic carbocycles. The molecule has 0 saturated carbocycles. The highest BCUT2D eigenvalue weighted by Crippen LogP contribution is 2.13. The Hall–Kier alpha value is -3.28. The van der Waals surface area contributed by atoms with E-state index in [4.69, 9.17) is 0 Å². The van der Waals surface area contributed by atoms with Crippen molar-refractivity contribution in [3.63, 3.8) is 0 Å². The standard InChI is InChI=1S/C18H15N3O3/c1-11(22)12-6-5-7-13(10-12)19-18(24)16-17(23)14-8-3-4-9-15(14)21(2)20-16/h3-10H,1-2H3,(H,19,24).